The highest BCUT2D eigenvalue weighted by atomic mass is 16.3. The molecule has 3 aromatic carbocycles. The summed E-state index contributed by atoms with van der Waals surface area (Å²) in [6.07, 6.45) is 0. The lowest BCUT2D eigenvalue weighted by atomic mass is 9.85. The number of hydrogen-bond acceptors (Lipinski definition) is 3. The Morgan fingerprint density at radius 2 is 1.52 bits per heavy atom. The van der Waals surface area contributed by atoms with Crippen molar-refractivity contribution >= 4 is 11.0 Å². The van der Waals surface area contributed by atoms with Crippen molar-refractivity contribution in [3.8, 4) is 22.6 Å². The van der Waals surface area contributed by atoms with Crippen LogP contribution in [-0.4, -0.2) is 20.1 Å². The Balaban J connectivity index is 1.85. The number of rotatable bonds is 2. The number of benzene rings is 3. The van der Waals surface area contributed by atoms with Gasteiger partial charge in [0, 0.05) is 5.56 Å². The number of fused-ring (bicyclic) bond motifs is 1. The first kappa shape index (κ1) is 17.3. The van der Waals surface area contributed by atoms with Gasteiger partial charge in [0.25, 0.3) is 0 Å². The molecule has 0 saturated carbocycles. The van der Waals surface area contributed by atoms with Gasteiger partial charge in [-0.3, -0.25) is 0 Å². The van der Waals surface area contributed by atoms with Gasteiger partial charge in [-0.1, -0.05) is 63.2 Å². The van der Waals surface area contributed by atoms with Gasteiger partial charge in [-0.05, 0) is 47.2 Å². The average molecular weight is 357 g/mol. The lowest BCUT2D eigenvalue weighted by Crippen LogP contribution is -2.13. The van der Waals surface area contributed by atoms with Gasteiger partial charge in [0.05, 0.1) is 0 Å². The molecule has 0 radical (unpaired) electrons. The van der Waals surface area contributed by atoms with Gasteiger partial charge in [0.15, 0.2) is 0 Å². The molecule has 136 valence electrons. The van der Waals surface area contributed by atoms with Crippen LogP contribution in [0.1, 0.15) is 31.9 Å². The van der Waals surface area contributed by atoms with Crippen LogP contribution in [0.2, 0.25) is 0 Å². The molecule has 0 spiro atoms. The summed E-state index contributed by atoms with van der Waals surface area (Å²) >= 11 is 0. The minimum atomic E-state index is -0.169. The highest BCUT2D eigenvalue weighted by Crippen LogP contribution is 2.36. The molecule has 4 heteroatoms. The maximum atomic E-state index is 10.9. The molecule has 0 aliphatic heterocycles. The summed E-state index contributed by atoms with van der Waals surface area (Å²) in [6.45, 7) is 8.29. The van der Waals surface area contributed by atoms with Crippen LogP contribution in [0.25, 0.3) is 27.8 Å². The first-order chi connectivity index (χ1) is 12.8. The van der Waals surface area contributed by atoms with Crippen LogP contribution in [0.5, 0.6) is 5.75 Å². The van der Waals surface area contributed by atoms with Gasteiger partial charge >= 0.3 is 0 Å². The lowest BCUT2D eigenvalue weighted by Gasteiger charge is -2.22. The fourth-order valence-electron chi connectivity index (χ4n) is 3.32. The van der Waals surface area contributed by atoms with Crippen molar-refractivity contribution in [3.63, 3.8) is 0 Å². The molecule has 1 heterocycles. The Labute approximate surface area is 159 Å². The van der Waals surface area contributed by atoms with Gasteiger partial charge < -0.3 is 5.11 Å². The fraction of sp³-hybridized carbons (Fsp3) is 0.217. The third-order valence-corrected chi connectivity index (χ3v) is 4.75. The van der Waals surface area contributed by atoms with E-state index < -0.39 is 0 Å². The van der Waals surface area contributed by atoms with Crippen LogP contribution in [0, 0.1) is 6.92 Å². The van der Waals surface area contributed by atoms with E-state index in [4.69, 9.17) is 0 Å². The Morgan fingerprint density at radius 3 is 2.22 bits per heavy atom. The van der Waals surface area contributed by atoms with E-state index in [9.17, 15) is 5.11 Å². The molecule has 0 amide bonds. The van der Waals surface area contributed by atoms with Crippen molar-refractivity contribution in [1.82, 2.24) is 15.0 Å². The molecule has 27 heavy (non-hydrogen) atoms. The zero-order valence-corrected chi connectivity index (χ0v) is 16.1. The SMILES string of the molecule is Cc1cc(-n2nc3ccc(-c4ccccc4)cc3n2)c(O)c(C(C)(C)C)c1. The number of aryl methyl sites for hydroxylation is 1. The molecule has 0 aliphatic rings. The summed E-state index contributed by atoms with van der Waals surface area (Å²) in [5.41, 5.74) is 6.24. The van der Waals surface area contributed by atoms with Crippen LogP contribution >= 0.6 is 0 Å². The third-order valence-electron chi connectivity index (χ3n) is 4.75. The van der Waals surface area contributed by atoms with Gasteiger partial charge in [-0.2, -0.15) is 0 Å². The summed E-state index contributed by atoms with van der Waals surface area (Å²) in [5.74, 6) is 0.233. The summed E-state index contributed by atoms with van der Waals surface area (Å²) in [7, 11) is 0. The zero-order valence-electron chi connectivity index (χ0n) is 16.1. The second-order valence-electron chi connectivity index (χ2n) is 7.99. The number of hydrogen-bond donors (Lipinski definition) is 1. The standard InChI is InChI=1S/C23H23N3O/c1-15-12-18(23(2,3)4)22(27)21(13-15)26-24-19-11-10-17(14-20(19)25-26)16-8-6-5-7-9-16/h5-14,27H,1-4H3. The number of aromatic hydroxyl groups is 1. The largest absolute Gasteiger partial charge is 0.505 e. The predicted octanol–water partition coefficient (Wildman–Crippen LogP) is 5.40. The van der Waals surface area contributed by atoms with Crippen molar-refractivity contribution < 1.29 is 5.11 Å². The molecule has 0 unspecified atom stereocenters. The molecular weight excluding hydrogens is 334 g/mol. The highest BCUT2D eigenvalue weighted by molar-refractivity contribution is 5.81. The molecule has 0 bridgehead atoms. The summed E-state index contributed by atoms with van der Waals surface area (Å²) < 4.78 is 0. The molecule has 1 aromatic heterocycles. The Hall–Kier alpha value is -3.14. The molecule has 0 fully saturated rings. The number of aromatic nitrogens is 3. The average Bonchev–Trinajstić information content (AvgIpc) is 3.06. The van der Waals surface area contributed by atoms with E-state index in [0.29, 0.717) is 5.69 Å². The van der Waals surface area contributed by atoms with Crippen LogP contribution in [0.4, 0.5) is 0 Å². The number of phenolic OH excluding ortho intramolecular Hbond substituents is 1. The lowest BCUT2D eigenvalue weighted by molar-refractivity contribution is 0.440. The molecule has 0 atom stereocenters. The quantitative estimate of drug-likeness (QED) is 0.523. The van der Waals surface area contributed by atoms with E-state index in [1.807, 2.05) is 55.5 Å². The van der Waals surface area contributed by atoms with Gasteiger partial charge in [0.2, 0.25) is 0 Å². The van der Waals surface area contributed by atoms with E-state index in [1.165, 1.54) is 4.80 Å². The molecule has 0 aliphatic carbocycles. The van der Waals surface area contributed by atoms with E-state index >= 15 is 0 Å². The molecule has 4 rings (SSSR count). The molecule has 0 saturated heterocycles. The van der Waals surface area contributed by atoms with Gasteiger partial charge in [-0.25, -0.2) is 0 Å². The molecule has 4 nitrogen and oxygen atoms in total. The van der Waals surface area contributed by atoms with E-state index in [-0.39, 0.29) is 11.2 Å². The Morgan fingerprint density at radius 1 is 0.815 bits per heavy atom. The minimum absolute atomic E-state index is 0.169. The molecule has 4 aromatic rings. The van der Waals surface area contributed by atoms with Crippen LogP contribution in [0.3, 0.4) is 0 Å². The van der Waals surface area contributed by atoms with Crippen molar-refractivity contribution in [3.05, 3.63) is 71.8 Å². The third kappa shape index (κ3) is 3.19. The first-order valence-corrected chi connectivity index (χ1v) is 9.10. The maximum absolute atomic E-state index is 10.9. The second-order valence-corrected chi connectivity index (χ2v) is 7.99. The number of nitrogens with zero attached hydrogens (tertiary/aromatic N) is 3. The van der Waals surface area contributed by atoms with Crippen LogP contribution < -0.4 is 0 Å². The van der Waals surface area contributed by atoms with Crippen LogP contribution in [0.15, 0.2) is 60.7 Å². The summed E-state index contributed by atoms with van der Waals surface area (Å²) in [6, 6.07) is 20.2. The fourth-order valence-corrected chi connectivity index (χ4v) is 3.32. The second kappa shape index (κ2) is 6.23. The first-order valence-electron chi connectivity index (χ1n) is 9.10. The normalized spacial score (nSPS) is 11.9. The van der Waals surface area contributed by atoms with E-state index in [2.05, 4.69) is 43.1 Å². The van der Waals surface area contributed by atoms with E-state index in [1.54, 1.807) is 0 Å². The predicted molar refractivity (Wildman–Crippen MR) is 109 cm³/mol. The minimum Gasteiger partial charge on any atom is -0.505 e. The Kier molecular flexibility index (Phi) is 3.99. The molecular formula is C23H23N3O. The van der Waals surface area contributed by atoms with Crippen molar-refractivity contribution in [2.45, 2.75) is 33.1 Å². The smallest absolute Gasteiger partial charge is 0.146 e. The Bertz CT molecular complexity index is 1120. The van der Waals surface area contributed by atoms with Gasteiger partial charge in [-0.15, -0.1) is 15.0 Å². The zero-order chi connectivity index (χ0) is 19.2. The van der Waals surface area contributed by atoms with Gasteiger partial charge in [0.1, 0.15) is 22.5 Å². The highest BCUT2D eigenvalue weighted by Gasteiger charge is 2.22. The monoisotopic (exact) mass is 357 g/mol. The molecule has 1 N–H and O–H groups in total. The van der Waals surface area contributed by atoms with Crippen LogP contribution in [-0.2, 0) is 5.41 Å². The van der Waals surface area contributed by atoms with Crippen molar-refractivity contribution in [2.75, 3.05) is 0 Å². The number of phenols is 1. The summed E-state index contributed by atoms with van der Waals surface area (Å²) in [4.78, 5) is 1.54. The van der Waals surface area contributed by atoms with Crippen molar-refractivity contribution in [1.29, 1.82) is 0 Å². The van der Waals surface area contributed by atoms with E-state index in [0.717, 1.165) is 33.3 Å². The topological polar surface area (TPSA) is 50.9 Å². The maximum Gasteiger partial charge on any atom is 0.146 e. The summed E-state index contributed by atoms with van der Waals surface area (Å²) in [5, 5.41) is 20.1. The van der Waals surface area contributed by atoms with Crippen molar-refractivity contribution in [2.24, 2.45) is 0 Å².